The molecule has 0 bridgehead atoms. The SMILES string of the molecule is Fc1ccc(OCCCCC[S-])cc1. The fourth-order valence-corrected chi connectivity index (χ4v) is 1.31. The van der Waals surface area contributed by atoms with Gasteiger partial charge in [-0.15, -0.1) is 0 Å². The lowest BCUT2D eigenvalue weighted by molar-refractivity contribution is 0.306. The Balaban J connectivity index is 2.15. The molecule has 0 aliphatic carbocycles. The molecule has 0 saturated carbocycles. The normalized spacial score (nSPS) is 10.1. The molecule has 1 rings (SSSR count). The minimum absolute atomic E-state index is 0.233. The Hall–Kier alpha value is -0.700. The zero-order valence-corrected chi connectivity index (χ0v) is 8.86. The zero-order chi connectivity index (χ0) is 10.2. The molecule has 3 heteroatoms. The van der Waals surface area contributed by atoms with Gasteiger partial charge in [-0.2, -0.15) is 5.75 Å². The van der Waals surface area contributed by atoms with Crippen molar-refractivity contribution >= 4 is 12.6 Å². The third-order valence-corrected chi connectivity index (χ3v) is 2.16. The molecule has 0 unspecified atom stereocenters. The van der Waals surface area contributed by atoms with Crippen LogP contribution in [-0.2, 0) is 12.6 Å². The lowest BCUT2D eigenvalue weighted by atomic mass is 10.2. The van der Waals surface area contributed by atoms with Crippen LogP contribution in [-0.4, -0.2) is 12.4 Å². The third kappa shape index (κ3) is 4.51. The van der Waals surface area contributed by atoms with Gasteiger partial charge in [-0.25, -0.2) is 4.39 Å². The van der Waals surface area contributed by atoms with Crippen LogP contribution in [0.4, 0.5) is 4.39 Å². The summed E-state index contributed by atoms with van der Waals surface area (Å²) in [6.45, 7) is 0.682. The van der Waals surface area contributed by atoms with E-state index < -0.39 is 0 Å². The summed E-state index contributed by atoms with van der Waals surface area (Å²) >= 11 is 4.83. The predicted molar refractivity (Wildman–Crippen MR) is 58.0 cm³/mol. The molecule has 0 N–H and O–H groups in total. The molecule has 1 nitrogen and oxygen atoms in total. The van der Waals surface area contributed by atoms with Crippen molar-refractivity contribution in [1.29, 1.82) is 0 Å². The molecule has 0 heterocycles. The van der Waals surface area contributed by atoms with E-state index in [1.54, 1.807) is 12.1 Å². The summed E-state index contributed by atoms with van der Waals surface area (Å²) in [4.78, 5) is 0. The van der Waals surface area contributed by atoms with Crippen LogP contribution in [0.15, 0.2) is 24.3 Å². The maximum atomic E-state index is 12.5. The number of rotatable bonds is 6. The Morgan fingerprint density at radius 3 is 2.43 bits per heavy atom. The fraction of sp³-hybridized carbons (Fsp3) is 0.455. The van der Waals surface area contributed by atoms with Gasteiger partial charge in [-0.1, -0.05) is 12.8 Å². The summed E-state index contributed by atoms with van der Waals surface area (Å²) in [6.07, 6.45) is 3.18. The molecular weight excluding hydrogens is 199 g/mol. The van der Waals surface area contributed by atoms with E-state index in [1.807, 2.05) is 0 Å². The highest BCUT2D eigenvalue weighted by atomic mass is 32.1. The van der Waals surface area contributed by atoms with E-state index in [4.69, 9.17) is 17.4 Å². The highest BCUT2D eigenvalue weighted by molar-refractivity contribution is 7.58. The minimum atomic E-state index is -0.233. The number of benzene rings is 1. The van der Waals surface area contributed by atoms with Crippen molar-refractivity contribution in [2.75, 3.05) is 12.4 Å². The third-order valence-electron chi connectivity index (χ3n) is 1.87. The van der Waals surface area contributed by atoms with Gasteiger partial charge in [0.25, 0.3) is 0 Å². The van der Waals surface area contributed by atoms with E-state index in [9.17, 15) is 4.39 Å². The first-order chi connectivity index (χ1) is 6.83. The number of halogens is 1. The van der Waals surface area contributed by atoms with Crippen molar-refractivity contribution in [3.05, 3.63) is 30.1 Å². The molecule has 0 spiro atoms. The number of unbranched alkanes of at least 4 members (excludes halogenated alkanes) is 2. The smallest absolute Gasteiger partial charge is 0.123 e. The molecule has 0 aliphatic heterocycles. The van der Waals surface area contributed by atoms with Crippen LogP contribution in [0.25, 0.3) is 0 Å². The summed E-state index contributed by atoms with van der Waals surface area (Å²) < 4.78 is 17.9. The monoisotopic (exact) mass is 213 g/mol. The first-order valence-electron chi connectivity index (χ1n) is 4.79. The van der Waals surface area contributed by atoms with Crippen molar-refractivity contribution in [1.82, 2.24) is 0 Å². The fourth-order valence-electron chi connectivity index (χ4n) is 1.10. The van der Waals surface area contributed by atoms with Gasteiger partial charge in [-0.05, 0) is 30.7 Å². The molecule has 0 fully saturated rings. The molecule has 0 aromatic heterocycles. The van der Waals surface area contributed by atoms with Gasteiger partial charge in [0.15, 0.2) is 0 Å². The lowest BCUT2D eigenvalue weighted by Gasteiger charge is -2.06. The first kappa shape index (κ1) is 11.4. The van der Waals surface area contributed by atoms with Crippen LogP contribution in [0.1, 0.15) is 19.3 Å². The lowest BCUT2D eigenvalue weighted by Crippen LogP contribution is -1.97. The van der Waals surface area contributed by atoms with Crippen molar-refractivity contribution in [3.8, 4) is 5.75 Å². The van der Waals surface area contributed by atoms with Gasteiger partial charge in [0.1, 0.15) is 11.6 Å². The van der Waals surface area contributed by atoms with Crippen molar-refractivity contribution in [2.45, 2.75) is 19.3 Å². The molecular formula is C11H14FOS-. The quantitative estimate of drug-likeness (QED) is 0.531. The van der Waals surface area contributed by atoms with Crippen LogP contribution < -0.4 is 4.74 Å². The predicted octanol–water partition coefficient (Wildman–Crippen LogP) is 2.92. The van der Waals surface area contributed by atoms with Crippen LogP contribution in [0.3, 0.4) is 0 Å². The van der Waals surface area contributed by atoms with E-state index in [-0.39, 0.29) is 5.82 Å². The molecule has 0 amide bonds. The summed E-state index contributed by atoms with van der Waals surface area (Å²) in [7, 11) is 0. The molecule has 14 heavy (non-hydrogen) atoms. The van der Waals surface area contributed by atoms with Gasteiger partial charge in [0.2, 0.25) is 0 Å². The second-order valence-corrected chi connectivity index (χ2v) is 3.48. The Morgan fingerprint density at radius 2 is 1.79 bits per heavy atom. The second-order valence-electron chi connectivity index (χ2n) is 3.07. The van der Waals surface area contributed by atoms with E-state index >= 15 is 0 Å². The molecule has 0 saturated heterocycles. The average molecular weight is 213 g/mol. The van der Waals surface area contributed by atoms with E-state index in [1.165, 1.54) is 12.1 Å². The van der Waals surface area contributed by atoms with E-state index in [0.717, 1.165) is 30.8 Å². The minimum Gasteiger partial charge on any atom is -0.793 e. The van der Waals surface area contributed by atoms with E-state index in [0.29, 0.717) is 6.61 Å². The topological polar surface area (TPSA) is 9.23 Å². The molecule has 1 aromatic rings. The van der Waals surface area contributed by atoms with Crippen molar-refractivity contribution in [3.63, 3.8) is 0 Å². The average Bonchev–Trinajstić information content (AvgIpc) is 2.21. The molecule has 78 valence electrons. The molecule has 0 atom stereocenters. The second kappa shape index (κ2) is 6.71. The highest BCUT2D eigenvalue weighted by Crippen LogP contribution is 2.11. The number of hydrogen-bond acceptors (Lipinski definition) is 2. The van der Waals surface area contributed by atoms with Crippen LogP contribution >= 0.6 is 0 Å². The molecule has 1 aromatic carbocycles. The van der Waals surface area contributed by atoms with Gasteiger partial charge in [-0.3, -0.25) is 0 Å². The maximum absolute atomic E-state index is 12.5. The zero-order valence-electron chi connectivity index (χ0n) is 8.04. The Morgan fingerprint density at radius 1 is 1.07 bits per heavy atom. The van der Waals surface area contributed by atoms with Gasteiger partial charge in [0, 0.05) is 0 Å². The Labute approximate surface area is 89.7 Å². The standard InChI is InChI=1S/C11H15FOS/c12-10-4-6-11(7-5-10)13-8-2-1-3-9-14/h4-7,14H,1-3,8-9H2/p-1. The summed E-state index contributed by atoms with van der Waals surface area (Å²) in [5, 5.41) is 0. The largest absolute Gasteiger partial charge is 0.793 e. The number of hydrogen-bond donors (Lipinski definition) is 0. The highest BCUT2D eigenvalue weighted by Gasteiger charge is 1.93. The van der Waals surface area contributed by atoms with Gasteiger partial charge in [0.05, 0.1) is 6.61 Å². The van der Waals surface area contributed by atoms with Crippen molar-refractivity contribution < 1.29 is 9.13 Å². The van der Waals surface area contributed by atoms with Crippen LogP contribution in [0.5, 0.6) is 5.75 Å². The van der Waals surface area contributed by atoms with Gasteiger partial charge < -0.3 is 17.4 Å². The van der Waals surface area contributed by atoms with Crippen LogP contribution in [0, 0.1) is 5.82 Å². The first-order valence-corrected chi connectivity index (χ1v) is 5.37. The Kier molecular flexibility index (Phi) is 5.45. The van der Waals surface area contributed by atoms with Crippen molar-refractivity contribution in [2.24, 2.45) is 0 Å². The summed E-state index contributed by atoms with van der Waals surface area (Å²) in [6, 6.07) is 6.09. The summed E-state index contributed by atoms with van der Waals surface area (Å²) in [5.74, 6) is 1.31. The maximum Gasteiger partial charge on any atom is 0.123 e. The Bertz CT molecular complexity index is 248. The van der Waals surface area contributed by atoms with Crippen LogP contribution in [0.2, 0.25) is 0 Å². The summed E-state index contributed by atoms with van der Waals surface area (Å²) in [5.41, 5.74) is 0. The van der Waals surface area contributed by atoms with Gasteiger partial charge >= 0.3 is 0 Å². The number of ether oxygens (including phenoxy) is 1. The van der Waals surface area contributed by atoms with E-state index in [2.05, 4.69) is 0 Å². The molecule has 0 aliphatic rings. The molecule has 0 radical (unpaired) electrons.